The van der Waals surface area contributed by atoms with Crippen LogP contribution in [-0.2, 0) is 11.4 Å². The van der Waals surface area contributed by atoms with E-state index in [4.69, 9.17) is 22.1 Å². The Labute approximate surface area is 236 Å². The number of thiocarbonyl (C=S) groups is 1. The molecule has 2 aliphatic rings. The molecule has 0 bridgehead atoms. The molecule has 1 aromatic heterocycles. The summed E-state index contributed by atoms with van der Waals surface area (Å²) in [6.45, 7) is 0.318. The molecule has 0 unspecified atom stereocenters. The molecule has 0 N–H and O–H groups in total. The second-order valence-electron chi connectivity index (χ2n) is 9.65. The molecule has 1 saturated carbocycles. The highest BCUT2D eigenvalue weighted by atomic mass is 32.2. The Hall–Kier alpha value is -3.75. The average Bonchev–Trinajstić information content (AvgIpc) is 3.69. The van der Waals surface area contributed by atoms with Crippen molar-refractivity contribution >= 4 is 40.3 Å². The lowest BCUT2D eigenvalue weighted by molar-refractivity contribution is -0.123. The SMILES string of the molecule is O=C1C(=Cc2cn(-c3ccccc3)nc2-c2cccc(OCc3ccc(F)cc3)c2)SC(=S)N1C1CCCC1. The summed E-state index contributed by atoms with van der Waals surface area (Å²) in [5, 5.41) is 4.91. The fourth-order valence-corrected chi connectivity index (χ4v) is 6.40. The van der Waals surface area contributed by atoms with Crippen LogP contribution in [0, 0.1) is 5.82 Å². The van der Waals surface area contributed by atoms with Gasteiger partial charge in [0.15, 0.2) is 0 Å². The molecule has 6 rings (SSSR count). The van der Waals surface area contributed by atoms with Gasteiger partial charge in [0.1, 0.15) is 28.2 Å². The van der Waals surface area contributed by atoms with E-state index in [9.17, 15) is 9.18 Å². The van der Waals surface area contributed by atoms with Crippen molar-refractivity contribution in [2.24, 2.45) is 0 Å². The van der Waals surface area contributed by atoms with E-state index < -0.39 is 0 Å². The van der Waals surface area contributed by atoms with Crippen LogP contribution in [0.1, 0.15) is 36.8 Å². The van der Waals surface area contributed by atoms with Gasteiger partial charge in [0.2, 0.25) is 0 Å². The minimum Gasteiger partial charge on any atom is -0.489 e. The fraction of sp³-hybridized carbons (Fsp3) is 0.194. The molecule has 1 amide bonds. The highest BCUT2D eigenvalue weighted by Crippen LogP contribution is 2.39. The predicted octanol–water partition coefficient (Wildman–Crippen LogP) is 7.40. The second kappa shape index (κ2) is 11.2. The maximum absolute atomic E-state index is 13.4. The van der Waals surface area contributed by atoms with Gasteiger partial charge in [0.05, 0.1) is 10.6 Å². The summed E-state index contributed by atoms with van der Waals surface area (Å²) in [4.78, 5) is 15.8. The lowest BCUT2D eigenvalue weighted by Gasteiger charge is -2.21. The number of nitrogens with zero attached hydrogens (tertiary/aromatic N) is 3. The summed E-state index contributed by atoms with van der Waals surface area (Å²) in [5.41, 5.74) is 4.21. The van der Waals surface area contributed by atoms with Gasteiger partial charge < -0.3 is 4.74 Å². The monoisotopic (exact) mass is 555 g/mol. The van der Waals surface area contributed by atoms with E-state index in [0.29, 0.717) is 21.6 Å². The first-order chi connectivity index (χ1) is 19.0. The molecular weight excluding hydrogens is 529 g/mol. The third-order valence-electron chi connectivity index (χ3n) is 6.99. The second-order valence-corrected chi connectivity index (χ2v) is 11.3. The van der Waals surface area contributed by atoms with Gasteiger partial charge in [-0.2, -0.15) is 5.10 Å². The topological polar surface area (TPSA) is 47.4 Å². The lowest BCUT2D eigenvalue weighted by atomic mass is 10.1. The van der Waals surface area contributed by atoms with Crippen molar-refractivity contribution in [2.45, 2.75) is 38.3 Å². The van der Waals surface area contributed by atoms with Crippen LogP contribution in [0.25, 0.3) is 23.0 Å². The average molecular weight is 556 g/mol. The van der Waals surface area contributed by atoms with Gasteiger partial charge in [-0.25, -0.2) is 9.07 Å². The quantitative estimate of drug-likeness (QED) is 0.176. The molecule has 3 aromatic carbocycles. The Morgan fingerprint density at radius 2 is 1.79 bits per heavy atom. The van der Waals surface area contributed by atoms with Crippen molar-refractivity contribution in [3.05, 3.63) is 107 Å². The third-order valence-corrected chi connectivity index (χ3v) is 8.32. The number of thioether (sulfide) groups is 1. The summed E-state index contributed by atoms with van der Waals surface area (Å²) in [6, 6.07) is 24.0. The van der Waals surface area contributed by atoms with Crippen LogP contribution >= 0.6 is 24.0 Å². The number of para-hydroxylation sites is 1. The largest absolute Gasteiger partial charge is 0.489 e. The van der Waals surface area contributed by atoms with Crippen LogP contribution in [0.4, 0.5) is 4.39 Å². The molecule has 2 heterocycles. The van der Waals surface area contributed by atoms with Gasteiger partial charge in [-0.3, -0.25) is 9.69 Å². The van der Waals surface area contributed by atoms with E-state index in [0.717, 1.165) is 53.8 Å². The first kappa shape index (κ1) is 25.5. The van der Waals surface area contributed by atoms with Crippen molar-refractivity contribution in [1.82, 2.24) is 14.7 Å². The molecular formula is C31H26FN3O2S2. The minimum atomic E-state index is -0.276. The normalized spacial score (nSPS) is 16.9. The summed E-state index contributed by atoms with van der Waals surface area (Å²) < 4.78 is 21.7. The zero-order valence-corrected chi connectivity index (χ0v) is 22.8. The molecule has 39 heavy (non-hydrogen) atoms. The smallest absolute Gasteiger partial charge is 0.266 e. The first-order valence-corrected chi connectivity index (χ1v) is 14.2. The van der Waals surface area contributed by atoms with Crippen molar-refractivity contribution in [2.75, 3.05) is 0 Å². The number of amides is 1. The summed E-state index contributed by atoms with van der Waals surface area (Å²) in [5.74, 6) is 0.374. The highest BCUT2D eigenvalue weighted by molar-refractivity contribution is 8.26. The van der Waals surface area contributed by atoms with Crippen molar-refractivity contribution in [1.29, 1.82) is 0 Å². The Kier molecular flexibility index (Phi) is 7.30. The van der Waals surface area contributed by atoms with Crippen molar-refractivity contribution < 1.29 is 13.9 Å². The van der Waals surface area contributed by atoms with Gasteiger partial charge in [-0.15, -0.1) is 0 Å². The highest BCUT2D eigenvalue weighted by Gasteiger charge is 2.38. The number of carbonyl (C=O) groups is 1. The lowest BCUT2D eigenvalue weighted by Crippen LogP contribution is -2.36. The fourth-order valence-electron chi connectivity index (χ4n) is 5.01. The van der Waals surface area contributed by atoms with E-state index in [1.165, 1.54) is 23.9 Å². The molecule has 0 radical (unpaired) electrons. The van der Waals surface area contributed by atoms with E-state index in [2.05, 4.69) is 0 Å². The number of aromatic nitrogens is 2. The number of hydrogen-bond acceptors (Lipinski definition) is 5. The number of benzene rings is 3. The van der Waals surface area contributed by atoms with Crippen LogP contribution < -0.4 is 4.74 Å². The van der Waals surface area contributed by atoms with Gasteiger partial charge in [-0.1, -0.05) is 79.3 Å². The van der Waals surface area contributed by atoms with E-state index in [1.807, 2.05) is 76.5 Å². The number of hydrogen-bond donors (Lipinski definition) is 0. The van der Waals surface area contributed by atoms with Crippen LogP contribution in [0.2, 0.25) is 0 Å². The summed E-state index contributed by atoms with van der Waals surface area (Å²) >= 11 is 6.98. The zero-order valence-electron chi connectivity index (χ0n) is 21.1. The number of carbonyl (C=O) groups excluding carboxylic acids is 1. The Morgan fingerprint density at radius 1 is 1.03 bits per heavy atom. The third kappa shape index (κ3) is 5.53. The maximum Gasteiger partial charge on any atom is 0.266 e. The van der Waals surface area contributed by atoms with Crippen molar-refractivity contribution in [3.8, 4) is 22.7 Å². The molecule has 4 aromatic rings. The van der Waals surface area contributed by atoms with Gasteiger partial charge in [0.25, 0.3) is 5.91 Å². The Balaban J connectivity index is 1.33. The van der Waals surface area contributed by atoms with Crippen LogP contribution in [0.5, 0.6) is 5.75 Å². The molecule has 196 valence electrons. The predicted molar refractivity (Wildman–Crippen MR) is 157 cm³/mol. The molecule has 1 aliphatic carbocycles. The Bertz CT molecular complexity index is 1540. The number of halogens is 1. The van der Waals surface area contributed by atoms with Crippen LogP contribution in [0.3, 0.4) is 0 Å². The van der Waals surface area contributed by atoms with Gasteiger partial charge in [0, 0.05) is 23.4 Å². The maximum atomic E-state index is 13.4. The van der Waals surface area contributed by atoms with E-state index in [-0.39, 0.29) is 17.8 Å². The molecule has 5 nitrogen and oxygen atoms in total. The minimum absolute atomic E-state index is 0.0216. The first-order valence-electron chi connectivity index (χ1n) is 12.9. The van der Waals surface area contributed by atoms with E-state index >= 15 is 0 Å². The zero-order chi connectivity index (χ0) is 26.8. The van der Waals surface area contributed by atoms with Crippen molar-refractivity contribution in [3.63, 3.8) is 0 Å². The standard InChI is InChI=1S/C31H26FN3O2S2/c32-24-15-13-21(14-16-24)20-37-27-12-6-7-22(17-27)29-23(19-34(33-29)25-8-2-1-3-9-25)18-28-30(36)35(31(38)39-28)26-10-4-5-11-26/h1-3,6-9,12-19,26H,4-5,10-11,20H2. The molecule has 0 atom stereocenters. The number of rotatable bonds is 7. The molecule has 8 heteroatoms. The van der Waals surface area contributed by atoms with E-state index in [1.54, 1.807) is 12.1 Å². The summed E-state index contributed by atoms with van der Waals surface area (Å²) in [6.07, 6.45) is 8.12. The summed E-state index contributed by atoms with van der Waals surface area (Å²) in [7, 11) is 0. The molecule has 1 saturated heterocycles. The van der Waals surface area contributed by atoms with Crippen LogP contribution in [-0.4, -0.2) is 30.9 Å². The Morgan fingerprint density at radius 3 is 2.56 bits per heavy atom. The number of ether oxygens (including phenoxy) is 1. The molecule has 2 fully saturated rings. The van der Waals surface area contributed by atoms with Gasteiger partial charge in [-0.05, 0) is 60.9 Å². The van der Waals surface area contributed by atoms with Crippen LogP contribution in [0.15, 0.2) is 90.0 Å². The molecule has 0 spiro atoms. The van der Waals surface area contributed by atoms with Gasteiger partial charge >= 0.3 is 0 Å². The molecule has 1 aliphatic heterocycles.